The third kappa shape index (κ3) is 2.50. The third-order valence-electron chi connectivity index (χ3n) is 5.38. The summed E-state index contributed by atoms with van der Waals surface area (Å²) >= 11 is 0. The van der Waals surface area contributed by atoms with Crippen LogP contribution in [-0.4, -0.2) is 30.7 Å². The molecule has 5 nitrogen and oxygen atoms in total. The standard InChI is InChI=1S/C21H24N2O3/c1-5-21(2)23-18(16-8-6-7-9-19(16)26-21)13-17(22-23)15-11-10-14(24-3)12-20(15)25-4/h6-12,18H,5,13H2,1-4H3/t18-,21+/m0/s1. The molecule has 0 radical (unpaired) electrons. The van der Waals surface area contributed by atoms with Crippen LogP contribution in [0.25, 0.3) is 0 Å². The average molecular weight is 352 g/mol. The van der Waals surface area contributed by atoms with Gasteiger partial charge in [-0.25, -0.2) is 5.01 Å². The van der Waals surface area contributed by atoms with Crippen LogP contribution in [0.4, 0.5) is 0 Å². The molecule has 2 heterocycles. The highest BCUT2D eigenvalue weighted by Gasteiger charge is 2.46. The molecule has 0 aliphatic carbocycles. The van der Waals surface area contributed by atoms with Crippen molar-refractivity contribution in [1.29, 1.82) is 0 Å². The van der Waals surface area contributed by atoms with E-state index in [0.29, 0.717) is 0 Å². The van der Waals surface area contributed by atoms with Gasteiger partial charge in [0.05, 0.1) is 26.0 Å². The Labute approximate surface area is 154 Å². The van der Waals surface area contributed by atoms with Gasteiger partial charge in [-0.2, -0.15) is 5.10 Å². The van der Waals surface area contributed by atoms with Crippen LogP contribution in [0.3, 0.4) is 0 Å². The molecule has 2 atom stereocenters. The van der Waals surface area contributed by atoms with E-state index in [1.54, 1.807) is 14.2 Å². The molecule has 0 saturated carbocycles. The van der Waals surface area contributed by atoms with Crippen molar-refractivity contribution in [3.8, 4) is 17.2 Å². The summed E-state index contributed by atoms with van der Waals surface area (Å²) in [5, 5.41) is 7.09. The minimum Gasteiger partial charge on any atom is -0.497 e. The largest absolute Gasteiger partial charge is 0.497 e. The number of fused-ring (bicyclic) bond motifs is 3. The second-order valence-corrected chi connectivity index (χ2v) is 6.85. The van der Waals surface area contributed by atoms with Crippen molar-refractivity contribution in [2.24, 2.45) is 5.10 Å². The first-order valence-corrected chi connectivity index (χ1v) is 8.96. The van der Waals surface area contributed by atoms with E-state index in [1.807, 2.05) is 30.3 Å². The average Bonchev–Trinajstić information content (AvgIpc) is 3.14. The number of para-hydroxylation sites is 1. The minimum atomic E-state index is -0.458. The lowest BCUT2D eigenvalue weighted by molar-refractivity contribution is -0.108. The molecule has 0 fully saturated rings. The Bertz CT molecular complexity index is 864. The molecule has 2 aliphatic heterocycles. The monoisotopic (exact) mass is 352 g/mol. The predicted octanol–water partition coefficient (Wildman–Crippen LogP) is 4.37. The van der Waals surface area contributed by atoms with E-state index in [4.69, 9.17) is 19.3 Å². The summed E-state index contributed by atoms with van der Waals surface area (Å²) in [6, 6.07) is 14.3. The third-order valence-corrected chi connectivity index (χ3v) is 5.38. The Morgan fingerprint density at radius 2 is 2.00 bits per heavy atom. The van der Waals surface area contributed by atoms with Gasteiger partial charge in [0.2, 0.25) is 0 Å². The number of methoxy groups -OCH3 is 2. The summed E-state index contributed by atoms with van der Waals surface area (Å²) in [5.74, 6) is 2.50. The van der Waals surface area contributed by atoms with Gasteiger partial charge in [0.1, 0.15) is 17.2 Å². The molecule has 26 heavy (non-hydrogen) atoms. The Kier molecular flexibility index (Phi) is 4.02. The zero-order valence-electron chi connectivity index (χ0n) is 15.7. The van der Waals surface area contributed by atoms with Gasteiger partial charge in [0.15, 0.2) is 5.72 Å². The predicted molar refractivity (Wildman–Crippen MR) is 101 cm³/mol. The molecule has 0 spiro atoms. The summed E-state index contributed by atoms with van der Waals surface area (Å²) in [7, 11) is 3.33. The zero-order valence-corrected chi connectivity index (χ0v) is 15.7. The molecule has 4 rings (SSSR count). The van der Waals surface area contributed by atoms with Crippen LogP contribution in [0, 0.1) is 0 Å². The molecule has 2 aromatic rings. The molecule has 136 valence electrons. The van der Waals surface area contributed by atoms with Gasteiger partial charge in [-0.15, -0.1) is 0 Å². The Morgan fingerprint density at radius 3 is 2.73 bits per heavy atom. The van der Waals surface area contributed by atoms with Crippen LogP contribution in [0.15, 0.2) is 47.6 Å². The maximum absolute atomic E-state index is 6.33. The lowest BCUT2D eigenvalue weighted by Crippen LogP contribution is -2.50. The lowest BCUT2D eigenvalue weighted by Gasteiger charge is -2.45. The molecule has 5 heteroatoms. The minimum absolute atomic E-state index is 0.173. The van der Waals surface area contributed by atoms with Crippen molar-refractivity contribution in [2.45, 2.75) is 38.5 Å². The van der Waals surface area contributed by atoms with E-state index in [0.717, 1.165) is 41.4 Å². The van der Waals surface area contributed by atoms with Gasteiger partial charge < -0.3 is 14.2 Å². The van der Waals surface area contributed by atoms with E-state index in [-0.39, 0.29) is 6.04 Å². The molecule has 0 amide bonds. The van der Waals surface area contributed by atoms with E-state index >= 15 is 0 Å². The Hall–Kier alpha value is -2.69. The van der Waals surface area contributed by atoms with Crippen LogP contribution in [0.5, 0.6) is 17.2 Å². The summed E-state index contributed by atoms with van der Waals surface area (Å²) in [4.78, 5) is 0. The van der Waals surface area contributed by atoms with Gasteiger partial charge in [0.25, 0.3) is 0 Å². The number of hydrazone groups is 1. The van der Waals surface area contributed by atoms with Crippen LogP contribution < -0.4 is 14.2 Å². The van der Waals surface area contributed by atoms with Crippen LogP contribution >= 0.6 is 0 Å². The molecule has 0 unspecified atom stereocenters. The van der Waals surface area contributed by atoms with Gasteiger partial charge >= 0.3 is 0 Å². The summed E-state index contributed by atoms with van der Waals surface area (Å²) < 4.78 is 17.2. The molecule has 2 aromatic carbocycles. The fourth-order valence-electron chi connectivity index (χ4n) is 3.75. The second kappa shape index (κ2) is 6.24. The summed E-state index contributed by atoms with van der Waals surface area (Å²) in [6.07, 6.45) is 1.66. The normalized spacial score (nSPS) is 23.6. The lowest BCUT2D eigenvalue weighted by atomic mass is 9.94. The molecular formula is C21H24N2O3. The van der Waals surface area contributed by atoms with Crippen LogP contribution in [0.1, 0.15) is 43.9 Å². The Morgan fingerprint density at radius 1 is 1.19 bits per heavy atom. The molecule has 0 N–H and O–H groups in total. The second-order valence-electron chi connectivity index (χ2n) is 6.85. The first-order valence-electron chi connectivity index (χ1n) is 8.96. The smallest absolute Gasteiger partial charge is 0.195 e. The molecule has 0 bridgehead atoms. The Balaban J connectivity index is 1.78. The summed E-state index contributed by atoms with van der Waals surface area (Å²) in [5.41, 5.74) is 2.73. The van der Waals surface area contributed by atoms with Gasteiger partial charge in [-0.3, -0.25) is 0 Å². The maximum Gasteiger partial charge on any atom is 0.195 e. The van der Waals surface area contributed by atoms with Gasteiger partial charge in [0, 0.05) is 30.0 Å². The highest BCUT2D eigenvalue weighted by atomic mass is 16.5. The van der Waals surface area contributed by atoms with Crippen molar-refractivity contribution < 1.29 is 14.2 Å². The quantitative estimate of drug-likeness (QED) is 0.819. The fourth-order valence-corrected chi connectivity index (χ4v) is 3.75. The van der Waals surface area contributed by atoms with Crippen LogP contribution in [0.2, 0.25) is 0 Å². The number of ether oxygens (including phenoxy) is 3. The number of hydrogen-bond acceptors (Lipinski definition) is 5. The van der Waals surface area contributed by atoms with E-state index < -0.39 is 5.72 Å². The maximum atomic E-state index is 6.33. The first kappa shape index (κ1) is 16.8. The fraction of sp³-hybridized carbons (Fsp3) is 0.381. The van der Waals surface area contributed by atoms with Gasteiger partial charge in [-0.05, 0) is 25.1 Å². The topological polar surface area (TPSA) is 43.3 Å². The number of benzene rings is 2. The van der Waals surface area contributed by atoms with Crippen molar-refractivity contribution in [1.82, 2.24) is 5.01 Å². The number of nitrogens with zero attached hydrogens (tertiary/aromatic N) is 2. The molecular weight excluding hydrogens is 328 g/mol. The van der Waals surface area contributed by atoms with Gasteiger partial charge in [-0.1, -0.05) is 25.1 Å². The van der Waals surface area contributed by atoms with Crippen molar-refractivity contribution in [3.05, 3.63) is 53.6 Å². The SMILES string of the molecule is CC[C@@]1(C)Oc2ccccc2[C@@H]2CC(c3ccc(OC)cc3OC)=NN21. The molecule has 0 saturated heterocycles. The highest BCUT2D eigenvalue weighted by Crippen LogP contribution is 2.48. The van der Waals surface area contributed by atoms with Crippen molar-refractivity contribution in [2.75, 3.05) is 14.2 Å². The van der Waals surface area contributed by atoms with Crippen LogP contribution in [-0.2, 0) is 0 Å². The summed E-state index contributed by atoms with van der Waals surface area (Å²) in [6.45, 7) is 4.24. The van der Waals surface area contributed by atoms with E-state index in [2.05, 4.69) is 31.0 Å². The molecule has 0 aromatic heterocycles. The first-order chi connectivity index (χ1) is 12.6. The number of hydrogen-bond donors (Lipinski definition) is 0. The zero-order chi connectivity index (χ0) is 18.3. The van der Waals surface area contributed by atoms with Crippen molar-refractivity contribution >= 4 is 5.71 Å². The molecule has 2 aliphatic rings. The number of rotatable bonds is 4. The highest BCUT2D eigenvalue weighted by molar-refractivity contribution is 6.04. The van der Waals surface area contributed by atoms with E-state index in [9.17, 15) is 0 Å². The van der Waals surface area contributed by atoms with E-state index in [1.165, 1.54) is 5.56 Å². The van der Waals surface area contributed by atoms with Crippen molar-refractivity contribution in [3.63, 3.8) is 0 Å².